The molecule has 0 aliphatic carbocycles. The van der Waals surface area contributed by atoms with Crippen LogP contribution in [0.4, 0.5) is 0 Å². The molecule has 0 amide bonds. The summed E-state index contributed by atoms with van der Waals surface area (Å²) in [5.41, 5.74) is 3.02. The van der Waals surface area contributed by atoms with Crippen LogP contribution in [0.15, 0.2) is 0 Å². The minimum atomic E-state index is -2.72. The smallest absolute Gasteiger partial charge is 0.364 e. The lowest BCUT2D eigenvalue weighted by molar-refractivity contribution is 0.0743. The first-order valence-corrected chi connectivity index (χ1v) is 7.82. The molecule has 3 nitrogen and oxygen atoms in total. The quantitative estimate of drug-likeness (QED) is 0.461. The van der Waals surface area contributed by atoms with Gasteiger partial charge in [-0.2, -0.15) is 0 Å². The summed E-state index contributed by atoms with van der Waals surface area (Å²) in [5.74, 6) is 2.87. The van der Waals surface area contributed by atoms with E-state index >= 15 is 0 Å². The molecule has 0 rings (SSSR count). The van der Waals surface area contributed by atoms with Crippen LogP contribution < -0.4 is 0 Å². The third-order valence-corrected chi connectivity index (χ3v) is 4.08. The molecule has 4 heteroatoms. The molecule has 16 heavy (non-hydrogen) atoms. The van der Waals surface area contributed by atoms with Crippen LogP contribution in [0.3, 0.4) is 0 Å². The lowest BCUT2D eigenvalue weighted by atomic mass is 10.5. The van der Waals surface area contributed by atoms with Crippen molar-refractivity contribution in [2.24, 2.45) is 0 Å². The Hall–Kier alpha value is -0.343. The van der Waals surface area contributed by atoms with Gasteiger partial charge < -0.3 is 13.3 Å². The number of hydrogen-bond donors (Lipinski definition) is 0. The zero-order valence-corrected chi connectivity index (χ0v) is 12.0. The predicted molar refractivity (Wildman–Crippen MR) is 67.9 cm³/mol. The molecule has 0 fully saturated rings. The van der Waals surface area contributed by atoms with Crippen LogP contribution in [0.5, 0.6) is 0 Å². The fraction of sp³-hybridized carbons (Fsp3) is 0.833. The molecule has 0 aromatic carbocycles. The van der Waals surface area contributed by atoms with E-state index < -0.39 is 8.80 Å². The van der Waals surface area contributed by atoms with Crippen LogP contribution in [0.25, 0.3) is 0 Å². The highest BCUT2D eigenvalue weighted by atomic mass is 28.4. The Kier molecular flexibility index (Phi) is 9.64. The summed E-state index contributed by atoms with van der Waals surface area (Å²) in [5, 5.41) is 0. The van der Waals surface area contributed by atoms with Gasteiger partial charge in [0, 0.05) is 19.8 Å². The normalized spacial score (nSPS) is 11.0. The molecule has 0 aliphatic rings. The minimum absolute atomic E-state index is 0.647. The van der Waals surface area contributed by atoms with Gasteiger partial charge in [0.25, 0.3) is 0 Å². The van der Waals surface area contributed by atoms with Gasteiger partial charge in [0.1, 0.15) is 0 Å². The molecule has 0 aromatic heterocycles. The Balaban J connectivity index is 4.50. The van der Waals surface area contributed by atoms with Crippen LogP contribution in [0, 0.1) is 11.5 Å². The van der Waals surface area contributed by atoms with Gasteiger partial charge in [-0.3, -0.25) is 0 Å². The first kappa shape index (κ1) is 15.7. The summed E-state index contributed by atoms with van der Waals surface area (Å²) in [7, 11) is -2.72. The zero-order chi connectivity index (χ0) is 12.3. The molecule has 0 radical (unpaired) electrons. The maximum Gasteiger partial charge on any atom is 0.591 e. The molecule has 94 valence electrons. The molecule has 0 N–H and O–H groups in total. The Labute approximate surface area is 101 Å². The lowest BCUT2D eigenvalue weighted by Crippen LogP contribution is -2.45. The van der Waals surface area contributed by atoms with Crippen molar-refractivity contribution in [1.29, 1.82) is 0 Å². The summed E-state index contributed by atoms with van der Waals surface area (Å²) in [6.07, 6.45) is 2.85. The van der Waals surface area contributed by atoms with E-state index in [-0.39, 0.29) is 0 Å². The summed E-state index contributed by atoms with van der Waals surface area (Å²) in [6.45, 7) is 9.94. The van der Waals surface area contributed by atoms with E-state index in [0.717, 1.165) is 19.3 Å². The molecule has 0 spiro atoms. The van der Waals surface area contributed by atoms with Crippen molar-refractivity contribution < 1.29 is 13.3 Å². The monoisotopic (exact) mass is 244 g/mol. The van der Waals surface area contributed by atoms with Crippen LogP contribution in [-0.4, -0.2) is 28.6 Å². The van der Waals surface area contributed by atoms with Gasteiger partial charge in [-0.1, -0.05) is 20.8 Å². The topological polar surface area (TPSA) is 27.7 Å². The van der Waals surface area contributed by atoms with Crippen molar-refractivity contribution in [3.05, 3.63) is 0 Å². The van der Waals surface area contributed by atoms with Gasteiger partial charge in [-0.25, -0.2) is 0 Å². The van der Waals surface area contributed by atoms with Crippen molar-refractivity contribution in [2.75, 3.05) is 19.8 Å². The highest BCUT2D eigenvalue weighted by molar-refractivity contribution is 6.69. The summed E-state index contributed by atoms with van der Waals surface area (Å²) < 4.78 is 17.2. The molecule has 0 atom stereocenters. The second kappa shape index (κ2) is 9.85. The number of rotatable bonds is 9. The second-order valence-electron chi connectivity index (χ2n) is 3.48. The van der Waals surface area contributed by atoms with Gasteiger partial charge in [-0.05, 0) is 31.7 Å². The first-order valence-electron chi connectivity index (χ1n) is 6.10. The van der Waals surface area contributed by atoms with Gasteiger partial charge in [-0.15, -0.1) is 5.92 Å². The molecule has 0 heterocycles. The standard InChI is InChI=1S/C12H24O3Si/c1-5-9-13-16(12-8-4,14-10-6-2)15-11-7-3/h5-7,9-11H2,1-4H3. The predicted octanol–water partition coefficient (Wildman–Crippen LogP) is 2.77. The minimum Gasteiger partial charge on any atom is -0.364 e. The maximum atomic E-state index is 5.74. The van der Waals surface area contributed by atoms with Gasteiger partial charge >= 0.3 is 8.80 Å². The van der Waals surface area contributed by atoms with E-state index in [0.29, 0.717) is 19.8 Å². The van der Waals surface area contributed by atoms with Gasteiger partial charge in [0.05, 0.1) is 0 Å². The highest BCUT2D eigenvalue weighted by Crippen LogP contribution is 2.10. The van der Waals surface area contributed by atoms with Gasteiger partial charge in [0.2, 0.25) is 0 Å². The summed E-state index contributed by atoms with van der Waals surface area (Å²) in [4.78, 5) is 0. The highest BCUT2D eigenvalue weighted by Gasteiger charge is 2.39. The Morgan fingerprint density at radius 1 is 0.812 bits per heavy atom. The van der Waals surface area contributed by atoms with E-state index in [1.807, 2.05) is 0 Å². The Morgan fingerprint density at radius 2 is 1.19 bits per heavy atom. The second-order valence-corrected chi connectivity index (χ2v) is 5.70. The van der Waals surface area contributed by atoms with E-state index in [9.17, 15) is 0 Å². The van der Waals surface area contributed by atoms with Crippen molar-refractivity contribution in [3.63, 3.8) is 0 Å². The fourth-order valence-corrected chi connectivity index (χ4v) is 3.29. The molecule has 0 bridgehead atoms. The van der Waals surface area contributed by atoms with Crippen LogP contribution in [0.1, 0.15) is 47.0 Å². The zero-order valence-electron chi connectivity index (χ0n) is 11.0. The summed E-state index contributed by atoms with van der Waals surface area (Å²) in [6, 6.07) is 0. The van der Waals surface area contributed by atoms with Crippen LogP contribution in [-0.2, 0) is 13.3 Å². The average molecular weight is 244 g/mol. The SMILES string of the molecule is CC#C[Si](OCCC)(OCCC)OCCC. The van der Waals surface area contributed by atoms with E-state index in [2.05, 4.69) is 32.2 Å². The van der Waals surface area contributed by atoms with E-state index in [4.69, 9.17) is 13.3 Å². The Morgan fingerprint density at radius 3 is 1.44 bits per heavy atom. The van der Waals surface area contributed by atoms with Crippen molar-refractivity contribution >= 4 is 8.80 Å². The van der Waals surface area contributed by atoms with Crippen molar-refractivity contribution in [1.82, 2.24) is 0 Å². The largest absolute Gasteiger partial charge is 0.591 e. The fourth-order valence-electron chi connectivity index (χ4n) is 1.10. The molecule has 0 saturated heterocycles. The van der Waals surface area contributed by atoms with E-state index in [1.165, 1.54) is 0 Å². The molecular weight excluding hydrogens is 220 g/mol. The third-order valence-electron chi connectivity index (χ3n) is 1.77. The molecule has 0 aromatic rings. The van der Waals surface area contributed by atoms with Crippen LogP contribution in [0.2, 0.25) is 0 Å². The summed E-state index contributed by atoms with van der Waals surface area (Å²) >= 11 is 0. The molecule has 0 aliphatic heterocycles. The average Bonchev–Trinajstić information content (AvgIpc) is 2.31. The van der Waals surface area contributed by atoms with Crippen molar-refractivity contribution in [3.8, 4) is 11.5 Å². The molecule has 0 unspecified atom stereocenters. The maximum absolute atomic E-state index is 5.74. The molecular formula is C12H24O3Si. The van der Waals surface area contributed by atoms with Crippen LogP contribution >= 0.6 is 0 Å². The lowest BCUT2D eigenvalue weighted by Gasteiger charge is -2.24. The number of hydrogen-bond acceptors (Lipinski definition) is 3. The third kappa shape index (κ3) is 6.29. The van der Waals surface area contributed by atoms with Crippen molar-refractivity contribution in [2.45, 2.75) is 47.0 Å². The van der Waals surface area contributed by atoms with Gasteiger partial charge in [0.15, 0.2) is 0 Å². The van der Waals surface area contributed by atoms with E-state index in [1.54, 1.807) is 6.92 Å². The first-order chi connectivity index (χ1) is 7.74. The molecule has 0 saturated carbocycles. The Bertz CT molecular complexity index is 198.